The van der Waals surface area contributed by atoms with E-state index in [-0.39, 0.29) is 47.7 Å². The van der Waals surface area contributed by atoms with Crippen LogP contribution in [0.25, 0.3) is 0 Å². The molecule has 2 rings (SSSR count). The van der Waals surface area contributed by atoms with E-state index in [9.17, 15) is 21.6 Å². The molecular weight excluding hydrogens is 544 g/mol. The van der Waals surface area contributed by atoms with Gasteiger partial charge in [-0.05, 0) is 37.9 Å². The van der Waals surface area contributed by atoms with Crippen molar-refractivity contribution >= 4 is 51.7 Å². The molecule has 0 bridgehead atoms. The van der Waals surface area contributed by atoms with Crippen molar-refractivity contribution in [3.8, 4) is 0 Å². The number of rotatable bonds is 6. The highest BCUT2D eigenvalue weighted by atomic mass is 127. The molecule has 2 saturated heterocycles. The van der Waals surface area contributed by atoms with Crippen molar-refractivity contribution < 1.29 is 26.3 Å². The van der Waals surface area contributed by atoms with Gasteiger partial charge in [-0.2, -0.15) is 29.2 Å². The number of guanidine groups is 1. The molecule has 13 heteroatoms. The number of thioether (sulfide) groups is 1. The van der Waals surface area contributed by atoms with Crippen molar-refractivity contribution in [1.82, 2.24) is 14.9 Å². The summed E-state index contributed by atoms with van der Waals surface area (Å²) in [5.41, 5.74) is -5.23. The summed E-state index contributed by atoms with van der Waals surface area (Å²) in [5, 5.41) is 6.54. The van der Waals surface area contributed by atoms with Crippen LogP contribution < -0.4 is 10.6 Å². The largest absolute Gasteiger partial charge is 0.511 e. The lowest BCUT2D eigenvalue weighted by molar-refractivity contribution is -0.0496. The minimum Gasteiger partial charge on any atom is -0.381 e. The van der Waals surface area contributed by atoms with Gasteiger partial charge in [-0.15, -0.1) is 24.0 Å². The van der Waals surface area contributed by atoms with Crippen LogP contribution in [0.15, 0.2) is 4.99 Å². The predicted octanol–water partition coefficient (Wildman–Crippen LogP) is 2.24. The maximum absolute atomic E-state index is 12.6. The summed E-state index contributed by atoms with van der Waals surface area (Å²) in [6, 6.07) is 0. The summed E-state index contributed by atoms with van der Waals surface area (Å²) < 4.78 is 66.9. The smallest absolute Gasteiger partial charge is 0.381 e. The molecular formula is C16H30F3IN4O3S2. The lowest BCUT2D eigenvalue weighted by atomic mass is 9.98. The molecule has 172 valence electrons. The third-order valence-corrected chi connectivity index (χ3v) is 8.45. The standard InChI is InChI=1S/C16H29F3N4O3S2.HI/c1-20-14(22-12-15(27-2)5-9-26-10-6-15)21-11-13-3-7-23(8-4-13)28(24,25)16(17,18)19;/h13H,3-12H2,1-2H3,(H2,20,21,22);1H. The second-order valence-electron chi connectivity index (χ2n) is 7.10. The molecule has 0 atom stereocenters. The predicted molar refractivity (Wildman–Crippen MR) is 120 cm³/mol. The molecule has 2 aliphatic heterocycles. The molecule has 0 saturated carbocycles. The number of halogens is 4. The Morgan fingerprint density at radius 3 is 2.31 bits per heavy atom. The minimum atomic E-state index is -5.23. The lowest BCUT2D eigenvalue weighted by Gasteiger charge is -2.36. The fraction of sp³-hybridized carbons (Fsp3) is 0.938. The number of alkyl halides is 3. The number of sulfonamides is 1. The minimum absolute atomic E-state index is 0. The van der Waals surface area contributed by atoms with Gasteiger partial charge in [0.25, 0.3) is 0 Å². The molecule has 2 heterocycles. The van der Waals surface area contributed by atoms with E-state index in [4.69, 9.17) is 4.74 Å². The number of nitrogens with zero attached hydrogens (tertiary/aromatic N) is 2. The topological polar surface area (TPSA) is 83.0 Å². The van der Waals surface area contributed by atoms with E-state index in [1.54, 1.807) is 7.05 Å². The number of hydrogen-bond acceptors (Lipinski definition) is 5. The maximum Gasteiger partial charge on any atom is 0.511 e. The summed E-state index contributed by atoms with van der Waals surface area (Å²) in [6.45, 7) is 2.54. The second kappa shape index (κ2) is 11.6. The Bertz CT molecular complexity index is 636. The molecule has 0 spiro atoms. The van der Waals surface area contributed by atoms with E-state index in [2.05, 4.69) is 21.9 Å². The molecule has 2 N–H and O–H groups in total. The average Bonchev–Trinajstić information content (AvgIpc) is 2.68. The third-order valence-electron chi connectivity index (χ3n) is 5.40. The van der Waals surface area contributed by atoms with Gasteiger partial charge in [-0.25, -0.2) is 8.42 Å². The van der Waals surface area contributed by atoms with Crippen LogP contribution in [0.2, 0.25) is 0 Å². The number of hydrogen-bond donors (Lipinski definition) is 2. The zero-order chi connectivity index (χ0) is 20.8. The summed E-state index contributed by atoms with van der Waals surface area (Å²) in [6.07, 6.45) is 4.78. The summed E-state index contributed by atoms with van der Waals surface area (Å²) in [7, 11) is -3.56. The Morgan fingerprint density at radius 2 is 1.83 bits per heavy atom. The van der Waals surface area contributed by atoms with Crippen LogP contribution in [0.4, 0.5) is 13.2 Å². The zero-order valence-electron chi connectivity index (χ0n) is 16.6. The second-order valence-corrected chi connectivity index (χ2v) is 10.3. The van der Waals surface area contributed by atoms with Crippen molar-refractivity contribution in [2.75, 3.05) is 52.7 Å². The molecule has 0 aromatic heterocycles. The van der Waals surface area contributed by atoms with Crippen molar-refractivity contribution in [2.24, 2.45) is 10.9 Å². The molecule has 0 aromatic carbocycles. The fourth-order valence-corrected chi connectivity index (χ4v) is 5.18. The first-order valence-corrected chi connectivity index (χ1v) is 11.9. The zero-order valence-corrected chi connectivity index (χ0v) is 20.6. The van der Waals surface area contributed by atoms with Crippen molar-refractivity contribution in [2.45, 2.75) is 35.9 Å². The monoisotopic (exact) mass is 574 g/mol. The van der Waals surface area contributed by atoms with E-state index >= 15 is 0 Å². The summed E-state index contributed by atoms with van der Waals surface area (Å²) >= 11 is 1.82. The molecule has 0 aromatic rings. The first kappa shape index (κ1) is 27.0. The van der Waals surface area contributed by atoms with E-state index in [0.29, 0.717) is 29.7 Å². The van der Waals surface area contributed by atoms with Gasteiger partial charge in [0.2, 0.25) is 0 Å². The number of nitrogens with one attached hydrogen (secondary N) is 2. The van der Waals surface area contributed by atoms with Crippen LogP contribution in [0.3, 0.4) is 0 Å². The van der Waals surface area contributed by atoms with Crippen LogP contribution in [-0.2, 0) is 14.8 Å². The molecule has 0 aliphatic carbocycles. The Balaban J connectivity index is 0.00000420. The summed E-state index contributed by atoms with van der Waals surface area (Å²) in [5.74, 6) is 0.737. The first-order valence-electron chi connectivity index (χ1n) is 9.27. The molecule has 0 unspecified atom stereocenters. The Hall–Kier alpha value is 0.01000. The Morgan fingerprint density at radius 1 is 1.24 bits per heavy atom. The molecule has 2 aliphatic rings. The van der Waals surface area contributed by atoms with Crippen molar-refractivity contribution in [3.63, 3.8) is 0 Å². The Kier molecular flexibility index (Phi) is 10.8. The average molecular weight is 574 g/mol. The van der Waals surface area contributed by atoms with Crippen LogP contribution in [0, 0.1) is 5.92 Å². The molecule has 29 heavy (non-hydrogen) atoms. The highest BCUT2D eigenvalue weighted by Gasteiger charge is 2.50. The van der Waals surface area contributed by atoms with Gasteiger partial charge in [-0.1, -0.05) is 0 Å². The van der Waals surface area contributed by atoms with Gasteiger partial charge >= 0.3 is 15.5 Å². The summed E-state index contributed by atoms with van der Waals surface area (Å²) in [4.78, 5) is 4.21. The molecule has 7 nitrogen and oxygen atoms in total. The van der Waals surface area contributed by atoms with E-state index in [0.717, 1.165) is 32.6 Å². The van der Waals surface area contributed by atoms with E-state index in [1.165, 1.54) is 0 Å². The van der Waals surface area contributed by atoms with Gasteiger partial charge in [0, 0.05) is 51.2 Å². The van der Waals surface area contributed by atoms with Crippen LogP contribution >= 0.6 is 35.7 Å². The third kappa shape index (κ3) is 7.28. The highest BCUT2D eigenvalue weighted by molar-refractivity contribution is 14.0. The molecule has 0 amide bonds. The maximum atomic E-state index is 12.6. The van der Waals surface area contributed by atoms with Gasteiger partial charge < -0.3 is 15.4 Å². The molecule has 2 fully saturated rings. The van der Waals surface area contributed by atoms with Crippen LogP contribution in [-0.4, -0.2) is 81.6 Å². The van der Waals surface area contributed by atoms with Gasteiger partial charge in [0.05, 0.1) is 0 Å². The Labute approximate surface area is 192 Å². The lowest BCUT2D eigenvalue weighted by Crippen LogP contribution is -2.50. The van der Waals surface area contributed by atoms with Crippen LogP contribution in [0.5, 0.6) is 0 Å². The SMILES string of the molecule is CN=C(NCC1CCN(S(=O)(=O)C(F)(F)F)CC1)NCC1(SC)CCOCC1.I. The quantitative estimate of drug-likeness (QED) is 0.288. The van der Waals surface area contributed by atoms with Crippen LogP contribution in [0.1, 0.15) is 25.7 Å². The van der Waals surface area contributed by atoms with E-state index < -0.39 is 15.5 Å². The highest BCUT2D eigenvalue weighted by Crippen LogP contribution is 2.33. The first-order chi connectivity index (χ1) is 13.1. The fourth-order valence-electron chi connectivity index (χ4n) is 3.40. The van der Waals surface area contributed by atoms with Gasteiger partial charge in [0.15, 0.2) is 5.96 Å². The van der Waals surface area contributed by atoms with Crippen molar-refractivity contribution in [3.05, 3.63) is 0 Å². The molecule has 0 radical (unpaired) electrons. The van der Waals surface area contributed by atoms with E-state index in [1.807, 2.05) is 11.8 Å². The number of piperidine rings is 1. The van der Waals surface area contributed by atoms with Gasteiger partial charge in [-0.3, -0.25) is 4.99 Å². The van der Waals surface area contributed by atoms with Gasteiger partial charge in [0.1, 0.15) is 0 Å². The number of ether oxygens (including phenoxy) is 1. The van der Waals surface area contributed by atoms with Crippen molar-refractivity contribution in [1.29, 1.82) is 0 Å². The normalized spacial score (nSPS) is 22.0. The number of aliphatic imine (C=N–C) groups is 1.